The van der Waals surface area contributed by atoms with E-state index >= 15 is 0 Å². The lowest BCUT2D eigenvalue weighted by atomic mass is 9.81. The molecule has 0 atom stereocenters. The standard InChI is InChI=1S/C36H44N4O3/c1-34(2,3)38-32(41)27-14-18-29(19-15-27)36(43,30-20-16-28(17-21-30)33(42)39-35(4,5)6)22-10-13-31-23-37-25-40(31)24-26-11-8-7-9-12-26/h7-9,11-12,14-21,23,25,43H,10,13,22,24H2,1-6H3,(H,38,41)(H,39,42). The number of amides is 2. The molecule has 0 spiro atoms. The van der Waals surface area contributed by atoms with Gasteiger partial charge >= 0.3 is 0 Å². The number of hydrogen-bond acceptors (Lipinski definition) is 4. The zero-order valence-electron chi connectivity index (χ0n) is 26.1. The average molecular weight is 581 g/mol. The summed E-state index contributed by atoms with van der Waals surface area (Å²) in [5, 5.41) is 18.3. The molecule has 0 aliphatic rings. The second-order valence-electron chi connectivity index (χ2n) is 13.3. The number of aromatic nitrogens is 2. The highest BCUT2D eigenvalue weighted by atomic mass is 16.3. The number of carbonyl (C=O) groups is 2. The predicted octanol–water partition coefficient (Wildman–Crippen LogP) is 6.25. The van der Waals surface area contributed by atoms with Crippen molar-refractivity contribution in [1.29, 1.82) is 0 Å². The van der Waals surface area contributed by atoms with Crippen LogP contribution in [-0.4, -0.2) is 37.5 Å². The fraction of sp³-hybridized carbons (Fsp3) is 0.361. The minimum Gasteiger partial charge on any atom is -0.380 e. The molecule has 3 N–H and O–H groups in total. The van der Waals surface area contributed by atoms with Crippen molar-refractivity contribution in [2.24, 2.45) is 0 Å². The van der Waals surface area contributed by atoms with E-state index in [0.717, 1.165) is 18.7 Å². The lowest BCUT2D eigenvalue weighted by Crippen LogP contribution is -2.40. The van der Waals surface area contributed by atoms with Crippen molar-refractivity contribution in [3.05, 3.63) is 125 Å². The van der Waals surface area contributed by atoms with Crippen LogP contribution in [-0.2, 0) is 18.6 Å². The van der Waals surface area contributed by atoms with Crippen molar-refractivity contribution in [2.45, 2.75) is 84.0 Å². The monoisotopic (exact) mass is 580 g/mol. The van der Waals surface area contributed by atoms with E-state index in [0.29, 0.717) is 35.1 Å². The van der Waals surface area contributed by atoms with Crippen LogP contribution in [0.4, 0.5) is 0 Å². The number of hydrogen-bond donors (Lipinski definition) is 3. The maximum absolute atomic E-state index is 12.7. The molecule has 4 rings (SSSR count). The molecule has 4 aromatic rings. The minimum absolute atomic E-state index is 0.163. The van der Waals surface area contributed by atoms with Crippen LogP contribution < -0.4 is 10.6 Å². The maximum atomic E-state index is 12.7. The Bertz CT molecular complexity index is 1440. The number of nitrogens with zero attached hydrogens (tertiary/aromatic N) is 2. The largest absolute Gasteiger partial charge is 0.380 e. The molecule has 0 aliphatic heterocycles. The summed E-state index contributed by atoms with van der Waals surface area (Å²) < 4.78 is 2.14. The molecule has 3 aromatic carbocycles. The zero-order chi connectivity index (χ0) is 31.3. The summed E-state index contributed by atoms with van der Waals surface area (Å²) in [6.07, 6.45) is 5.58. The average Bonchev–Trinajstić information content (AvgIpc) is 3.38. The van der Waals surface area contributed by atoms with Crippen LogP contribution in [0.2, 0.25) is 0 Å². The number of aryl methyl sites for hydroxylation is 1. The van der Waals surface area contributed by atoms with Crippen molar-refractivity contribution in [3.63, 3.8) is 0 Å². The smallest absolute Gasteiger partial charge is 0.251 e. The van der Waals surface area contributed by atoms with Gasteiger partial charge in [0.1, 0.15) is 5.60 Å². The zero-order valence-corrected chi connectivity index (χ0v) is 26.1. The van der Waals surface area contributed by atoms with Gasteiger partial charge in [0.15, 0.2) is 0 Å². The van der Waals surface area contributed by atoms with Gasteiger partial charge < -0.3 is 20.3 Å². The number of carbonyl (C=O) groups excluding carboxylic acids is 2. The lowest BCUT2D eigenvalue weighted by Gasteiger charge is -2.30. The molecule has 0 fully saturated rings. The lowest BCUT2D eigenvalue weighted by molar-refractivity contribution is 0.0684. The maximum Gasteiger partial charge on any atom is 0.251 e. The van der Waals surface area contributed by atoms with Gasteiger partial charge in [-0.15, -0.1) is 0 Å². The van der Waals surface area contributed by atoms with E-state index in [2.05, 4.69) is 32.3 Å². The second-order valence-corrected chi connectivity index (χ2v) is 13.3. The molecule has 0 aliphatic carbocycles. The van der Waals surface area contributed by atoms with E-state index in [1.165, 1.54) is 5.56 Å². The normalized spacial score (nSPS) is 12.2. The fourth-order valence-corrected chi connectivity index (χ4v) is 5.08. The molecular formula is C36H44N4O3. The SMILES string of the molecule is CC(C)(C)NC(=O)c1ccc(C(O)(CCCc2cncn2Cc2ccccc2)c2ccc(C(=O)NC(C)(C)C)cc2)cc1. The summed E-state index contributed by atoms with van der Waals surface area (Å²) in [5.41, 5.74) is 2.67. The van der Waals surface area contributed by atoms with Crippen LogP contribution >= 0.6 is 0 Å². The highest BCUT2D eigenvalue weighted by molar-refractivity contribution is 5.95. The molecule has 7 nitrogen and oxygen atoms in total. The number of rotatable bonds is 10. The molecule has 0 saturated carbocycles. The Morgan fingerprint density at radius 3 is 1.70 bits per heavy atom. The summed E-state index contributed by atoms with van der Waals surface area (Å²) >= 11 is 0. The van der Waals surface area contributed by atoms with E-state index in [9.17, 15) is 14.7 Å². The molecule has 0 saturated heterocycles. The molecule has 0 bridgehead atoms. The Morgan fingerprint density at radius 1 is 0.744 bits per heavy atom. The van der Waals surface area contributed by atoms with Crippen LogP contribution in [0.15, 0.2) is 91.4 Å². The Balaban J connectivity index is 1.58. The van der Waals surface area contributed by atoms with E-state index in [4.69, 9.17) is 0 Å². The van der Waals surface area contributed by atoms with E-state index in [1.54, 1.807) is 24.3 Å². The van der Waals surface area contributed by atoms with Crippen LogP contribution in [0.3, 0.4) is 0 Å². The summed E-state index contributed by atoms with van der Waals surface area (Å²) in [6, 6.07) is 24.5. The van der Waals surface area contributed by atoms with Crippen LogP contribution in [0.1, 0.15) is 97.5 Å². The molecule has 1 aromatic heterocycles. The third-order valence-electron chi connectivity index (χ3n) is 7.19. The number of imidazole rings is 1. The molecule has 1 heterocycles. The summed E-state index contributed by atoms with van der Waals surface area (Å²) in [4.78, 5) is 29.9. The quantitative estimate of drug-likeness (QED) is 0.207. The van der Waals surface area contributed by atoms with Crippen LogP contribution in [0.25, 0.3) is 0 Å². The first-order valence-electron chi connectivity index (χ1n) is 14.8. The molecule has 2 amide bonds. The summed E-state index contributed by atoms with van der Waals surface area (Å²) in [6.45, 7) is 12.4. The third kappa shape index (κ3) is 8.64. The molecular weight excluding hydrogens is 536 g/mol. The number of benzene rings is 3. The first kappa shape index (κ1) is 31.7. The van der Waals surface area contributed by atoms with E-state index in [1.807, 2.05) is 96.5 Å². The molecule has 226 valence electrons. The van der Waals surface area contributed by atoms with Crippen LogP contribution in [0.5, 0.6) is 0 Å². The van der Waals surface area contributed by atoms with Crippen molar-refractivity contribution < 1.29 is 14.7 Å². The van der Waals surface area contributed by atoms with Crippen molar-refractivity contribution in [2.75, 3.05) is 0 Å². The van der Waals surface area contributed by atoms with Gasteiger partial charge in [0, 0.05) is 40.6 Å². The third-order valence-corrected chi connectivity index (χ3v) is 7.19. The van der Waals surface area contributed by atoms with Crippen molar-refractivity contribution >= 4 is 11.8 Å². The topological polar surface area (TPSA) is 96.2 Å². The van der Waals surface area contributed by atoms with Gasteiger partial charge in [-0.2, -0.15) is 0 Å². The molecule has 43 heavy (non-hydrogen) atoms. The Labute approximate surface area is 255 Å². The fourth-order valence-electron chi connectivity index (χ4n) is 5.08. The Morgan fingerprint density at radius 2 is 1.23 bits per heavy atom. The van der Waals surface area contributed by atoms with Crippen LogP contribution in [0, 0.1) is 0 Å². The summed E-state index contributed by atoms with van der Waals surface area (Å²) in [5.74, 6) is -0.327. The second kappa shape index (κ2) is 13.0. The van der Waals surface area contributed by atoms with Gasteiger partial charge in [-0.25, -0.2) is 4.98 Å². The summed E-state index contributed by atoms with van der Waals surface area (Å²) in [7, 11) is 0. The Hall–Kier alpha value is -4.23. The number of aliphatic hydroxyl groups is 1. The minimum atomic E-state index is -1.33. The van der Waals surface area contributed by atoms with Crippen molar-refractivity contribution in [3.8, 4) is 0 Å². The predicted molar refractivity (Wildman–Crippen MR) is 171 cm³/mol. The van der Waals surface area contributed by atoms with Gasteiger partial charge in [-0.05, 0) is 102 Å². The first-order chi connectivity index (χ1) is 20.2. The van der Waals surface area contributed by atoms with Gasteiger partial charge in [0.05, 0.1) is 6.33 Å². The number of nitrogens with one attached hydrogen (secondary N) is 2. The van der Waals surface area contributed by atoms with E-state index < -0.39 is 5.60 Å². The highest BCUT2D eigenvalue weighted by Crippen LogP contribution is 2.35. The first-order valence-corrected chi connectivity index (χ1v) is 14.8. The highest BCUT2D eigenvalue weighted by Gasteiger charge is 2.32. The van der Waals surface area contributed by atoms with Gasteiger partial charge in [0.2, 0.25) is 0 Å². The molecule has 0 radical (unpaired) electrons. The molecule has 0 unspecified atom stereocenters. The van der Waals surface area contributed by atoms with Gasteiger partial charge in [-0.3, -0.25) is 9.59 Å². The Kier molecular flexibility index (Phi) is 9.55. The van der Waals surface area contributed by atoms with E-state index in [-0.39, 0.29) is 22.9 Å². The van der Waals surface area contributed by atoms with Gasteiger partial charge in [0.25, 0.3) is 11.8 Å². The van der Waals surface area contributed by atoms with Crippen molar-refractivity contribution in [1.82, 2.24) is 20.2 Å². The van der Waals surface area contributed by atoms with Gasteiger partial charge in [-0.1, -0.05) is 54.6 Å². The molecule has 7 heteroatoms.